The minimum absolute atomic E-state index is 0. The molecular formula is C22H22BrCl2NO2. The maximum absolute atomic E-state index is 10.3. The molecule has 0 saturated carbocycles. The average molecular weight is 483 g/mol. The summed E-state index contributed by atoms with van der Waals surface area (Å²) in [5.74, 6) is 0.815. The largest absolute Gasteiger partial charge is 0.489 e. The minimum atomic E-state index is -0.545. The summed E-state index contributed by atoms with van der Waals surface area (Å²) < 4.78 is 6.98. The van der Waals surface area contributed by atoms with Crippen molar-refractivity contribution in [2.45, 2.75) is 19.3 Å². The molecule has 148 valence electrons. The van der Waals surface area contributed by atoms with Crippen LogP contribution in [0.3, 0.4) is 0 Å². The molecule has 3 aromatic rings. The van der Waals surface area contributed by atoms with Gasteiger partial charge in [-0.05, 0) is 41.5 Å². The van der Waals surface area contributed by atoms with Crippen LogP contribution < -0.4 is 10.1 Å². The van der Waals surface area contributed by atoms with Gasteiger partial charge in [-0.15, -0.1) is 12.4 Å². The first-order chi connectivity index (χ1) is 13.1. The van der Waals surface area contributed by atoms with Crippen LogP contribution in [0, 0.1) is 0 Å². The smallest absolute Gasteiger partial charge is 0.124 e. The third-order valence-corrected chi connectivity index (χ3v) is 4.91. The molecule has 28 heavy (non-hydrogen) atoms. The second kappa shape index (κ2) is 11.4. The lowest BCUT2D eigenvalue weighted by atomic mass is 10.1. The molecule has 0 aliphatic rings. The van der Waals surface area contributed by atoms with Crippen molar-refractivity contribution in [2.75, 3.05) is 6.54 Å². The zero-order valence-corrected chi connectivity index (χ0v) is 18.3. The van der Waals surface area contributed by atoms with E-state index < -0.39 is 6.10 Å². The van der Waals surface area contributed by atoms with Gasteiger partial charge in [0, 0.05) is 28.1 Å². The molecule has 3 nitrogen and oxygen atoms in total. The Bertz CT molecular complexity index is 860. The van der Waals surface area contributed by atoms with E-state index in [1.807, 2.05) is 72.8 Å². The van der Waals surface area contributed by atoms with Crippen LogP contribution >= 0.6 is 39.9 Å². The third-order valence-electron chi connectivity index (χ3n) is 4.17. The summed E-state index contributed by atoms with van der Waals surface area (Å²) in [6.07, 6.45) is -0.545. The van der Waals surface area contributed by atoms with Crippen molar-refractivity contribution in [3.05, 3.63) is 99.0 Å². The first-order valence-electron chi connectivity index (χ1n) is 8.71. The van der Waals surface area contributed by atoms with E-state index in [-0.39, 0.29) is 12.4 Å². The van der Waals surface area contributed by atoms with Gasteiger partial charge in [0.15, 0.2) is 0 Å². The number of aliphatic hydroxyl groups is 1. The Morgan fingerprint density at radius 3 is 2.43 bits per heavy atom. The lowest BCUT2D eigenvalue weighted by Gasteiger charge is -2.15. The van der Waals surface area contributed by atoms with E-state index in [1.165, 1.54) is 0 Å². The van der Waals surface area contributed by atoms with Crippen LogP contribution in [0.1, 0.15) is 22.8 Å². The molecule has 0 radical (unpaired) electrons. The Morgan fingerprint density at radius 2 is 1.71 bits per heavy atom. The fraction of sp³-hybridized carbons (Fsp3) is 0.182. The van der Waals surface area contributed by atoms with E-state index in [0.29, 0.717) is 24.7 Å². The summed E-state index contributed by atoms with van der Waals surface area (Å²) >= 11 is 9.43. The van der Waals surface area contributed by atoms with Crippen molar-refractivity contribution in [3.8, 4) is 5.75 Å². The summed E-state index contributed by atoms with van der Waals surface area (Å²) in [4.78, 5) is 0. The van der Waals surface area contributed by atoms with Crippen LogP contribution in [0.2, 0.25) is 5.02 Å². The van der Waals surface area contributed by atoms with Crippen LogP contribution in [0.4, 0.5) is 0 Å². The highest BCUT2D eigenvalue weighted by molar-refractivity contribution is 9.10. The highest BCUT2D eigenvalue weighted by Gasteiger charge is 2.09. The predicted molar refractivity (Wildman–Crippen MR) is 120 cm³/mol. The van der Waals surface area contributed by atoms with Crippen molar-refractivity contribution in [2.24, 2.45) is 0 Å². The second-order valence-corrected chi connectivity index (χ2v) is 7.58. The topological polar surface area (TPSA) is 41.5 Å². The van der Waals surface area contributed by atoms with Gasteiger partial charge in [-0.1, -0.05) is 70.0 Å². The number of rotatable bonds is 8. The molecule has 0 aromatic heterocycles. The molecule has 1 unspecified atom stereocenters. The van der Waals surface area contributed by atoms with E-state index in [9.17, 15) is 5.11 Å². The summed E-state index contributed by atoms with van der Waals surface area (Å²) in [6, 6.07) is 23.2. The van der Waals surface area contributed by atoms with E-state index in [0.717, 1.165) is 26.9 Å². The molecule has 1 atom stereocenters. The predicted octanol–water partition coefficient (Wildman–Crippen LogP) is 5.93. The molecule has 0 spiro atoms. The molecule has 0 aliphatic carbocycles. The Hall–Kier alpha value is -1.56. The maximum Gasteiger partial charge on any atom is 0.124 e. The van der Waals surface area contributed by atoms with Gasteiger partial charge in [0.05, 0.1) is 6.10 Å². The molecule has 0 fully saturated rings. The first-order valence-corrected chi connectivity index (χ1v) is 9.88. The zero-order chi connectivity index (χ0) is 19.1. The van der Waals surface area contributed by atoms with Gasteiger partial charge in [0.25, 0.3) is 0 Å². The lowest BCUT2D eigenvalue weighted by molar-refractivity contribution is 0.174. The second-order valence-electron chi connectivity index (χ2n) is 6.22. The number of halogens is 3. The number of aliphatic hydroxyl groups excluding tert-OH is 1. The van der Waals surface area contributed by atoms with Gasteiger partial charge in [0.2, 0.25) is 0 Å². The lowest BCUT2D eigenvalue weighted by Crippen LogP contribution is -2.21. The monoisotopic (exact) mass is 481 g/mol. The molecule has 0 saturated heterocycles. The van der Waals surface area contributed by atoms with Crippen molar-refractivity contribution >= 4 is 39.9 Å². The van der Waals surface area contributed by atoms with Crippen LogP contribution in [0.15, 0.2) is 77.3 Å². The van der Waals surface area contributed by atoms with Gasteiger partial charge in [0.1, 0.15) is 12.4 Å². The Morgan fingerprint density at radius 1 is 1.00 bits per heavy atom. The highest BCUT2D eigenvalue weighted by atomic mass is 79.9. The third kappa shape index (κ3) is 6.80. The Kier molecular flexibility index (Phi) is 9.29. The first kappa shape index (κ1) is 22.7. The average Bonchev–Trinajstić information content (AvgIpc) is 2.69. The fourth-order valence-electron chi connectivity index (χ4n) is 2.71. The highest BCUT2D eigenvalue weighted by Crippen LogP contribution is 2.24. The molecule has 0 heterocycles. The fourth-order valence-corrected chi connectivity index (χ4v) is 3.24. The van der Waals surface area contributed by atoms with E-state index in [2.05, 4.69) is 21.2 Å². The molecular weight excluding hydrogens is 461 g/mol. The maximum atomic E-state index is 10.3. The van der Waals surface area contributed by atoms with Gasteiger partial charge in [-0.25, -0.2) is 0 Å². The zero-order valence-electron chi connectivity index (χ0n) is 15.1. The molecule has 0 bridgehead atoms. The van der Waals surface area contributed by atoms with Crippen LogP contribution in [0.5, 0.6) is 5.75 Å². The summed E-state index contributed by atoms with van der Waals surface area (Å²) in [5, 5.41) is 14.3. The Labute approximate surface area is 185 Å². The summed E-state index contributed by atoms with van der Waals surface area (Å²) in [7, 11) is 0. The number of ether oxygens (including phenoxy) is 1. The standard InChI is InChI=1S/C22H21BrClNO2.ClH/c23-19-8-11-22(27-15-16-6-9-20(24)10-7-16)18(12-19)13-25-14-21(26)17-4-2-1-3-5-17;/h1-12,21,25-26H,13-15H2;1H. The molecule has 3 aromatic carbocycles. The van der Waals surface area contributed by atoms with Gasteiger partial charge in [-0.3, -0.25) is 0 Å². The molecule has 6 heteroatoms. The van der Waals surface area contributed by atoms with Crippen LogP contribution in [-0.4, -0.2) is 11.7 Å². The van der Waals surface area contributed by atoms with Crippen molar-refractivity contribution in [1.29, 1.82) is 0 Å². The van der Waals surface area contributed by atoms with E-state index in [4.69, 9.17) is 16.3 Å². The van der Waals surface area contributed by atoms with Crippen LogP contribution in [-0.2, 0) is 13.2 Å². The van der Waals surface area contributed by atoms with Crippen LogP contribution in [0.25, 0.3) is 0 Å². The van der Waals surface area contributed by atoms with Crippen molar-refractivity contribution in [3.63, 3.8) is 0 Å². The molecule has 2 N–H and O–H groups in total. The minimum Gasteiger partial charge on any atom is -0.489 e. The number of nitrogens with one attached hydrogen (secondary N) is 1. The number of hydrogen-bond donors (Lipinski definition) is 2. The van der Waals surface area contributed by atoms with Gasteiger partial charge in [-0.2, -0.15) is 0 Å². The number of hydrogen-bond acceptors (Lipinski definition) is 3. The SMILES string of the molecule is Cl.OC(CNCc1cc(Br)ccc1OCc1ccc(Cl)cc1)c1ccccc1. The van der Waals surface area contributed by atoms with Gasteiger partial charge >= 0.3 is 0 Å². The van der Waals surface area contributed by atoms with E-state index >= 15 is 0 Å². The normalized spacial score (nSPS) is 11.5. The summed E-state index contributed by atoms with van der Waals surface area (Å²) in [6.45, 7) is 1.53. The van der Waals surface area contributed by atoms with Gasteiger partial charge < -0.3 is 15.2 Å². The van der Waals surface area contributed by atoms with Crippen molar-refractivity contribution < 1.29 is 9.84 Å². The molecule has 0 aliphatic heterocycles. The summed E-state index contributed by atoms with van der Waals surface area (Å²) in [5.41, 5.74) is 2.98. The van der Waals surface area contributed by atoms with E-state index in [1.54, 1.807) is 0 Å². The van der Waals surface area contributed by atoms with Crippen molar-refractivity contribution in [1.82, 2.24) is 5.32 Å². The number of benzene rings is 3. The molecule has 3 rings (SSSR count). The Balaban J connectivity index is 0.00000280. The quantitative estimate of drug-likeness (QED) is 0.418. The molecule has 0 amide bonds.